The number of benzene rings is 1. The van der Waals surface area contributed by atoms with E-state index in [1.54, 1.807) is 19.1 Å². The van der Waals surface area contributed by atoms with Crippen LogP contribution >= 0.6 is 11.6 Å². The first-order valence-corrected chi connectivity index (χ1v) is 4.79. The molecule has 4 nitrogen and oxygen atoms in total. The Morgan fingerprint density at radius 3 is 2.60 bits per heavy atom. The number of rotatable bonds is 1. The molecule has 1 aliphatic heterocycles. The molecule has 1 atom stereocenters. The van der Waals surface area contributed by atoms with Crippen LogP contribution in [0.3, 0.4) is 0 Å². The van der Waals surface area contributed by atoms with Crippen molar-refractivity contribution in [3.63, 3.8) is 0 Å². The highest BCUT2D eigenvalue weighted by Crippen LogP contribution is 2.41. The van der Waals surface area contributed by atoms with Crippen molar-refractivity contribution in [3.05, 3.63) is 17.2 Å². The molecule has 0 amide bonds. The van der Waals surface area contributed by atoms with Crippen molar-refractivity contribution in [1.29, 1.82) is 0 Å². The van der Waals surface area contributed by atoms with Crippen molar-refractivity contribution in [1.82, 2.24) is 0 Å². The van der Waals surface area contributed by atoms with Crippen molar-refractivity contribution < 1.29 is 19.0 Å². The molecule has 0 aliphatic carbocycles. The summed E-state index contributed by atoms with van der Waals surface area (Å²) >= 11 is 5.89. The molecule has 1 unspecified atom stereocenters. The maximum atomic E-state index is 10.8. The number of esters is 1. The SMILES string of the molecule is CC(=O)Oc1cc2c(cc1Cl)OC(C)O2. The van der Waals surface area contributed by atoms with Gasteiger partial charge in [0.05, 0.1) is 5.02 Å². The normalized spacial score (nSPS) is 17.7. The van der Waals surface area contributed by atoms with Crippen LogP contribution < -0.4 is 14.2 Å². The Labute approximate surface area is 91.7 Å². The molecule has 5 heteroatoms. The highest BCUT2D eigenvalue weighted by molar-refractivity contribution is 6.32. The number of carbonyl (C=O) groups excluding carboxylic acids is 1. The standard InChI is InChI=1S/C10H9ClO4/c1-5(12)13-8-4-10-9(3-7(8)11)14-6(2)15-10/h3-4,6H,1-2H3. The van der Waals surface area contributed by atoms with Gasteiger partial charge >= 0.3 is 5.97 Å². The van der Waals surface area contributed by atoms with Crippen molar-refractivity contribution in [2.75, 3.05) is 0 Å². The summed E-state index contributed by atoms with van der Waals surface area (Å²) in [6, 6.07) is 3.11. The first-order valence-electron chi connectivity index (χ1n) is 4.41. The molecule has 0 aromatic heterocycles. The fourth-order valence-electron chi connectivity index (χ4n) is 1.32. The summed E-state index contributed by atoms with van der Waals surface area (Å²) in [4.78, 5) is 10.8. The van der Waals surface area contributed by atoms with E-state index in [9.17, 15) is 4.79 Å². The molecule has 0 spiro atoms. The van der Waals surface area contributed by atoms with E-state index in [0.717, 1.165) is 0 Å². The highest BCUT2D eigenvalue weighted by atomic mass is 35.5. The smallest absolute Gasteiger partial charge is 0.308 e. The zero-order chi connectivity index (χ0) is 11.0. The molecular formula is C10H9ClO4. The van der Waals surface area contributed by atoms with Gasteiger partial charge in [0.25, 0.3) is 0 Å². The second-order valence-electron chi connectivity index (χ2n) is 3.13. The lowest BCUT2D eigenvalue weighted by Gasteiger charge is -2.04. The predicted molar refractivity (Wildman–Crippen MR) is 53.5 cm³/mol. The Hall–Kier alpha value is -1.42. The number of hydrogen-bond acceptors (Lipinski definition) is 4. The Kier molecular flexibility index (Phi) is 2.44. The molecule has 0 saturated heterocycles. The van der Waals surface area contributed by atoms with Crippen LogP contribution in [-0.2, 0) is 4.79 Å². The summed E-state index contributed by atoms with van der Waals surface area (Å²) in [6.07, 6.45) is -0.344. The van der Waals surface area contributed by atoms with Gasteiger partial charge in [-0.15, -0.1) is 0 Å². The second-order valence-corrected chi connectivity index (χ2v) is 3.53. The van der Waals surface area contributed by atoms with Gasteiger partial charge in [0.15, 0.2) is 17.2 Å². The van der Waals surface area contributed by atoms with Crippen molar-refractivity contribution >= 4 is 17.6 Å². The minimum atomic E-state index is -0.427. The van der Waals surface area contributed by atoms with Crippen LogP contribution in [0.15, 0.2) is 12.1 Å². The Morgan fingerprint density at radius 2 is 2.00 bits per heavy atom. The van der Waals surface area contributed by atoms with E-state index in [2.05, 4.69) is 0 Å². The third kappa shape index (κ3) is 1.99. The van der Waals surface area contributed by atoms with Crippen molar-refractivity contribution in [3.8, 4) is 17.2 Å². The van der Waals surface area contributed by atoms with E-state index in [1.165, 1.54) is 6.92 Å². The largest absolute Gasteiger partial charge is 0.451 e. The van der Waals surface area contributed by atoms with Crippen LogP contribution in [0.25, 0.3) is 0 Å². The molecule has 0 N–H and O–H groups in total. The van der Waals surface area contributed by atoms with Gasteiger partial charge in [-0.2, -0.15) is 0 Å². The minimum absolute atomic E-state index is 0.278. The lowest BCUT2D eigenvalue weighted by atomic mass is 10.3. The minimum Gasteiger partial charge on any atom is -0.451 e. The molecule has 2 rings (SSSR count). The molecule has 0 radical (unpaired) electrons. The maximum Gasteiger partial charge on any atom is 0.308 e. The van der Waals surface area contributed by atoms with Crippen LogP contribution in [-0.4, -0.2) is 12.3 Å². The molecule has 0 bridgehead atoms. The van der Waals surface area contributed by atoms with Crippen molar-refractivity contribution in [2.45, 2.75) is 20.1 Å². The van der Waals surface area contributed by atoms with Gasteiger partial charge in [0.2, 0.25) is 6.29 Å². The van der Waals surface area contributed by atoms with Crippen molar-refractivity contribution in [2.24, 2.45) is 0 Å². The van der Waals surface area contributed by atoms with E-state index in [-0.39, 0.29) is 12.0 Å². The van der Waals surface area contributed by atoms with E-state index in [0.29, 0.717) is 16.5 Å². The number of hydrogen-bond donors (Lipinski definition) is 0. The van der Waals surface area contributed by atoms with Crippen LogP contribution in [0.1, 0.15) is 13.8 Å². The zero-order valence-corrected chi connectivity index (χ0v) is 9.00. The molecular weight excluding hydrogens is 220 g/mol. The van der Waals surface area contributed by atoms with Gasteiger partial charge in [-0.05, 0) is 0 Å². The maximum absolute atomic E-state index is 10.8. The fourth-order valence-corrected chi connectivity index (χ4v) is 1.51. The van der Waals surface area contributed by atoms with E-state index < -0.39 is 5.97 Å². The monoisotopic (exact) mass is 228 g/mol. The molecule has 1 aromatic carbocycles. The average Bonchev–Trinajstić information content (AvgIpc) is 2.44. The van der Waals surface area contributed by atoms with Crippen LogP contribution in [0.2, 0.25) is 5.02 Å². The molecule has 1 aliphatic rings. The fraction of sp³-hybridized carbons (Fsp3) is 0.300. The van der Waals surface area contributed by atoms with Gasteiger partial charge in [-0.25, -0.2) is 0 Å². The van der Waals surface area contributed by atoms with Gasteiger partial charge < -0.3 is 14.2 Å². The summed E-state index contributed by atoms with van der Waals surface area (Å²) in [5, 5.41) is 0.321. The number of halogens is 1. The van der Waals surface area contributed by atoms with E-state index in [4.69, 9.17) is 25.8 Å². The Balaban J connectivity index is 2.35. The summed E-state index contributed by atoms with van der Waals surface area (Å²) < 4.78 is 15.5. The summed E-state index contributed by atoms with van der Waals surface area (Å²) in [5.74, 6) is 0.941. The average molecular weight is 229 g/mol. The summed E-state index contributed by atoms with van der Waals surface area (Å²) in [5.41, 5.74) is 0. The third-order valence-corrected chi connectivity index (χ3v) is 2.13. The lowest BCUT2D eigenvalue weighted by Crippen LogP contribution is -2.11. The van der Waals surface area contributed by atoms with Crippen LogP contribution in [0.5, 0.6) is 17.2 Å². The highest BCUT2D eigenvalue weighted by Gasteiger charge is 2.22. The predicted octanol–water partition coefficient (Wildman–Crippen LogP) is 2.38. The molecule has 0 fully saturated rings. The summed E-state index contributed by atoms with van der Waals surface area (Å²) in [6.45, 7) is 3.07. The quantitative estimate of drug-likeness (QED) is 0.547. The lowest BCUT2D eigenvalue weighted by molar-refractivity contribution is -0.131. The zero-order valence-electron chi connectivity index (χ0n) is 8.24. The van der Waals surface area contributed by atoms with Crippen LogP contribution in [0, 0.1) is 0 Å². The first kappa shape index (κ1) is 10.1. The van der Waals surface area contributed by atoms with E-state index >= 15 is 0 Å². The molecule has 1 aromatic rings. The summed E-state index contributed by atoms with van der Waals surface area (Å²) in [7, 11) is 0. The van der Waals surface area contributed by atoms with E-state index in [1.807, 2.05) is 0 Å². The number of ether oxygens (including phenoxy) is 3. The third-order valence-electron chi connectivity index (χ3n) is 1.84. The van der Waals surface area contributed by atoms with Gasteiger partial charge in [0, 0.05) is 26.0 Å². The topological polar surface area (TPSA) is 44.8 Å². The number of carbonyl (C=O) groups is 1. The first-order chi connectivity index (χ1) is 7.06. The van der Waals surface area contributed by atoms with Gasteiger partial charge in [0.1, 0.15) is 0 Å². The van der Waals surface area contributed by atoms with Gasteiger partial charge in [-0.3, -0.25) is 4.79 Å². The van der Waals surface area contributed by atoms with Gasteiger partial charge in [-0.1, -0.05) is 11.6 Å². The molecule has 80 valence electrons. The molecule has 0 saturated carbocycles. The second kappa shape index (κ2) is 3.62. The number of fused-ring (bicyclic) bond motifs is 1. The molecule has 1 heterocycles. The Bertz CT molecular complexity index is 416. The Morgan fingerprint density at radius 1 is 1.40 bits per heavy atom. The van der Waals surface area contributed by atoms with Crippen LogP contribution in [0.4, 0.5) is 0 Å². The molecule has 15 heavy (non-hydrogen) atoms.